The van der Waals surface area contributed by atoms with Gasteiger partial charge in [0.1, 0.15) is 5.82 Å². The Labute approximate surface area is 103 Å². The summed E-state index contributed by atoms with van der Waals surface area (Å²) in [5.41, 5.74) is 7.23. The number of carbonyl (C=O) groups is 1. The van der Waals surface area contributed by atoms with Gasteiger partial charge < -0.3 is 15.6 Å². The molecule has 1 unspecified atom stereocenters. The molecule has 1 aliphatic heterocycles. The quantitative estimate of drug-likeness (QED) is 0.802. The first-order chi connectivity index (χ1) is 8.61. The number of imidazole rings is 1. The molecule has 0 spiro atoms. The van der Waals surface area contributed by atoms with Crippen LogP contribution in [0.1, 0.15) is 29.7 Å². The molecule has 0 fully saturated rings. The first-order valence-electron chi connectivity index (χ1n) is 5.87. The summed E-state index contributed by atoms with van der Waals surface area (Å²) in [5.74, 6) is -0.441. The predicted octanol–water partition coefficient (Wildman–Crippen LogP) is 1.45. The molecule has 94 valence electrons. The summed E-state index contributed by atoms with van der Waals surface area (Å²) in [6.45, 7) is 2.48. The molecule has 0 radical (unpaired) electrons. The van der Waals surface area contributed by atoms with Crippen molar-refractivity contribution in [3.8, 4) is 0 Å². The summed E-state index contributed by atoms with van der Waals surface area (Å²) in [6, 6.07) is 2.58. The predicted molar refractivity (Wildman–Crippen MR) is 65.8 cm³/mol. The normalized spacial score (nSPS) is 18.8. The molecule has 3 N–H and O–H groups in total. The van der Waals surface area contributed by atoms with Crippen molar-refractivity contribution in [1.29, 1.82) is 0 Å². The highest BCUT2D eigenvalue weighted by Gasteiger charge is 2.26. The Balaban J connectivity index is 2.42. The van der Waals surface area contributed by atoms with Gasteiger partial charge in [-0.3, -0.25) is 4.79 Å². The van der Waals surface area contributed by atoms with Gasteiger partial charge in [-0.1, -0.05) is 6.92 Å². The number of hydrogen-bond donors (Lipinski definition) is 2. The number of carbonyl (C=O) groups excluding carboxylic acids is 1. The minimum atomic E-state index is -0.479. The largest absolute Gasteiger partial charge is 0.369 e. The van der Waals surface area contributed by atoms with E-state index in [9.17, 15) is 9.18 Å². The molecule has 18 heavy (non-hydrogen) atoms. The van der Waals surface area contributed by atoms with Crippen molar-refractivity contribution in [3.63, 3.8) is 0 Å². The van der Waals surface area contributed by atoms with Crippen molar-refractivity contribution in [2.45, 2.75) is 19.4 Å². The second kappa shape index (κ2) is 3.69. The van der Waals surface area contributed by atoms with Gasteiger partial charge >= 0.3 is 0 Å². The van der Waals surface area contributed by atoms with Gasteiger partial charge in [-0.15, -0.1) is 0 Å². The maximum atomic E-state index is 13.5. The summed E-state index contributed by atoms with van der Waals surface area (Å²) in [7, 11) is 0. The SMILES string of the molecule is CCC1CNC(=O)c2cc(F)cc3nc(N)n1c23. The van der Waals surface area contributed by atoms with E-state index in [1.54, 1.807) is 0 Å². The number of hydrogen-bond acceptors (Lipinski definition) is 3. The topological polar surface area (TPSA) is 72.9 Å². The lowest BCUT2D eigenvalue weighted by Gasteiger charge is -2.16. The molecule has 6 heteroatoms. The summed E-state index contributed by atoms with van der Waals surface area (Å²) in [4.78, 5) is 16.1. The molecular weight excluding hydrogens is 235 g/mol. The van der Waals surface area contributed by atoms with Crippen LogP contribution < -0.4 is 11.1 Å². The molecule has 3 rings (SSSR count). The highest BCUT2D eigenvalue weighted by Crippen LogP contribution is 2.30. The lowest BCUT2D eigenvalue weighted by molar-refractivity contribution is 0.0952. The molecule has 1 aliphatic rings. The number of anilines is 1. The van der Waals surface area contributed by atoms with E-state index in [4.69, 9.17) is 5.73 Å². The second-order valence-corrected chi connectivity index (χ2v) is 4.43. The molecule has 1 amide bonds. The fraction of sp³-hybridized carbons (Fsp3) is 0.333. The average Bonchev–Trinajstić information content (AvgIpc) is 2.56. The van der Waals surface area contributed by atoms with Gasteiger partial charge in [0, 0.05) is 12.6 Å². The molecular formula is C12H13FN4O. The van der Waals surface area contributed by atoms with Gasteiger partial charge in [0.25, 0.3) is 5.91 Å². The minimum Gasteiger partial charge on any atom is -0.369 e. The highest BCUT2D eigenvalue weighted by molar-refractivity contribution is 6.06. The Morgan fingerprint density at radius 2 is 2.39 bits per heavy atom. The van der Waals surface area contributed by atoms with Crippen LogP contribution in [0.5, 0.6) is 0 Å². The third-order valence-electron chi connectivity index (χ3n) is 3.36. The van der Waals surface area contributed by atoms with Crippen molar-refractivity contribution in [2.75, 3.05) is 12.3 Å². The second-order valence-electron chi connectivity index (χ2n) is 4.43. The van der Waals surface area contributed by atoms with Crippen LogP contribution in [0.2, 0.25) is 0 Å². The Hall–Kier alpha value is -2.11. The van der Waals surface area contributed by atoms with E-state index in [1.165, 1.54) is 12.1 Å². The van der Waals surface area contributed by atoms with Gasteiger partial charge in [0.2, 0.25) is 5.95 Å². The Morgan fingerprint density at radius 3 is 3.11 bits per heavy atom. The van der Waals surface area contributed by atoms with Crippen LogP contribution in [0.4, 0.5) is 10.3 Å². The van der Waals surface area contributed by atoms with E-state index in [0.29, 0.717) is 29.1 Å². The van der Waals surface area contributed by atoms with E-state index in [-0.39, 0.29) is 11.9 Å². The lowest BCUT2D eigenvalue weighted by Crippen LogP contribution is -2.27. The molecule has 2 aromatic rings. The van der Waals surface area contributed by atoms with Crippen molar-refractivity contribution in [3.05, 3.63) is 23.5 Å². The zero-order chi connectivity index (χ0) is 12.9. The number of halogens is 1. The summed E-state index contributed by atoms with van der Waals surface area (Å²) in [6.07, 6.45) is 0.812. The van der Waals surface area contributed by atoms with Crippen molar-refractivity contribution < 1.29 is 9.18 Å². The lowest BCUT2D eigenvalue weighted by atomic mass is 10.1. The van der Waals surface area contributed by atoms with Gasteiger partial charge in [-0.05, 0) is 12.5 Å². The van der Waals surface area contributed by atoms with Crippen LogP contribution in [0.15, 0.2) is 12.1 Å². The highest BCUT2D eigenvalue weighted by atomic mass is 19.1. The number of rotatable bonds is 1. The van der Waals surface area contributed by atoms with Crippen molar-refractivity contribution in [2.24, 2.45) is 0 Å². The van der Waals surface area contributed by atoms with E-state index < -0.39 is 5.82 Å². The van der Waals surface area contributed by atoms with Crippen molar-refractivity contribution >= 4 is 22.9 Å². The fourth-order valence-electron chi connectivity index (χ4n) is 2.48. The smallest absolute Gasteiger partial charge is 0.253 e. The minimum absolute atomic E-state index is 0.0469. The summed E-state index contributed by atoms with van der Waals surface area (Å²) >= 11 is 0. The van der Waals surface area contributed by atoms with Crippen LogP contribution >= 0.6 is 0 Å². The maximum absolute atomic E-state index is 13.5. The molecule has 1 aromatic carbocycles. The number of nitrogen functional groups attached to an aromatic ring is 1. The van der Waals surface area contributed by atoms with Crippen LogP contribution in [-0.2, 0) is 0 Å². The molecule has 0 bridgehead atoms. The number of nitrogens with one attached hydrogen (secondary N) is 1. The van der Waals surface area contributed by atoms with E-state index in [1.807, 2.05) is 11.5 Å². The van der Waals surface area contributed by atoms with Crippen LogP contribution in [0.3, 0.4) is 0 Å². The fourth-order valence-corrected chi connectivity index (χ4v) is 2.48. The molecule has 1 atom stereocenters. The van der Waals surface area contributed by atoms with E-state index in [2.05, 4.69) is 10.3 Å². The molecule has 5 nitrogen and oxygen atoms in total. The zero-order valence-electron chi connectivity index (χ0n) is 9.90. The number of aromatic nitrogens is 2. The molecule has 1 aromatic heterocycles. The molecule has 2 heterocycles. The monoisotopic (exact) mass is 248 g/mol. The third kappa shape index (κ3) is 1.38. The van der Waals surface area contributed by atoms with Crippen LogP contribution in [0.25, 0.3) is 11.0 Å². The Morgan fingerprint density at radius 1 is 1.61 bits per heavy atom. The van der Waals surface area contributed by atoms with Gasteiger partial charge in [0.05, 0.1) is 22.6 Å². The van der Waals surface area contributed by atoms with Gasteiger partial charge in [0.15, 0.2) is 0 Å². The molecule has 0 saturated carbocycles. The third-order valence-corrected chi connectivity index (χ3v) is 3.36. The maximum Gasteiger partial charge on any atom is 0.253 e. The first kappa shape index (κ1) is 11.0. The van der Waals surface area contributed by atoms with Crippen LogP contribution in [0, 0.1) is 5.82 Å². The number of amides is 1. The first-order valence-corrected chi connectivity index (χ1v) is 5.87. The van der Waals surface area contributed by atoms with E-state index >= 15 is 0 Å². The Bertz CT molecular complexity index is 649. The standard InChI is InChI=1S/C12H13FN4O/c1-2-7-5-15-11(18)8-3-6(13)4-9-10(8)17(7)12(14)16-9/h3-4,7H,2,5H2,1H3,(H2,14,16)(H,15,18). The van der Waals surface area contributed by atoms with Gasteiger partial charge in [-0.2, -0.15) is 0 Å². The summed E-state index contributed by atoms with van der Waals surface area (Å²) in [5, 5.41) is 2.78. The molecule has 0 aliphatic carbocycles. The number of nitrogens with two attached hydrogens (primary N) is 1. The summed E-state index contributed by atoms with van der Waals surface area (Å²) < 4.78 is 15.3. The average molecular weight is 248 g/mol. The number of benzene rings is 1. The Kier molecular flexibility index (Phi) is 2.26. The van der Waals surface area contributed by atoms with Crippen molar-refractivity contribution in [1.82, 2.24) is 14.9 Å². The zero-order valence-corrected chi connectivity index (χ0v) is 9.90. The number of nitrogens with zero attached hydrogens (tertiary/aromatic N) is 2. The molecule has 0 saturated heterocycles. The van der Waals surface area contributed by atoms with Crippen LogP contribution in [-0.4, -0.2) is 22.0 Å². The van der Waals surface area contributed by atoms with E-state index in [0.717, 1.165) is 6.42 Å². The van der Waals surface area contributed by atoms with Gasteiger partial charge in [-0.25, -0.2) is 9.37 Å².